The highest BCUT2D eigenvalue weighted by atomic mass is 16.3. The molecule has 0 amide bonds. The number of guanidine groups is 1. The lowest BCUT2D eigenvalue weighted by Crippen LogP contribution is -2.41. The van der Waals surface area contributed by atoms with Gasteiger partial charge in [-0.25, -0.2) is 0 Å². The molecule has 140 valence electrons. The van der Waals surface area contributed by atoms with E-state index in [2.05, 4.69) is 27.4 Å². The zero-order valence-electron chi connectivity index (χ0n) is 15.8. The molecule has 25 heavy (non-hydrogen) atoms. The van der Waals surface area contributed by atoms with Crippen LogP contribution in [-0.4, -0.2) is 55.2 Å². The molecule has 0 saturated carbocycles. The highest BCUT2D eigenvalue weighted by Gasteiger charge is 2.16. The third-order valence-electron chi connectivity index (χ3n) is 4.95. The Bertz CT molecular complexity index is 515. The molecule has 1 aromatic rings. The summed E-state index contributed by atoms with van der Waals surface area (Å²) in [5.41, 5.74) is 1.25. The summed E-state index contributed by atoms with van der Waals surface area (Å²) in [6.45, 7) is 6.63. The van der Waals surface area contributed by atoms with E-state index in [4.69, 9.17) is 0 Å². The maximum atomic E-state index is 9.29. The second-order valence-corrected chi connectivity index (χ2v) is 6.93. The standard InChI is InChI=1S/C20H34N4O/c1-17-7-3-4-15-24(17)16-6-14-23-20(21-2)22-13-5-8-18-9-11-19(25)12-10-18/h9-12,17,25H,3-8,13-16H2,1-2H3,(H2,21,22,23). The van der Waals surface area contributed by atoms with Crippen molar-refractivity contribution in [2.75, 3.05) is 33.2 Å². The second-order valence-electron chi connectivity index (χ2n) is 6.93. The SMILES string of the molecule is CN=C(NCCCc1ccc(O)cc1)NCCCN1CCCCC1C. The van der Waals surface area contributed by atoms with Crippen molar-refractivity contribution in [3.05, 3.63) is 29.8 Å². The van der Waals surface area contributed by atoms with Crippen LogP contribution in [0, 0.1) is 0 Å². The van der Waals surface area contributed by atoms with E-state index in [-0.39, 0.29) is 0 Å². The molecule has 1 unspecified atom stereocenters. The highest BCUT2D eigenvalue weighted by molar-refractivity contribution is 5.79. The normalized spacial score (nSPS) is 19.0. The fourth-order valence-corrected chi connectivity index (χ4v) is 3.36. The topological polar surface area (TPSA) is 59.9 Å². The summed E-state index contributed by atoms with van der Waals surface area (Å²) in [5, 5.41) is 16.1. The van der Waals surface area contributed by atoms with Crippen molar-refractivity contribution in [2.24, 2.45) is 4.99 Å². The summed E-state index contributed by atoms with van der Waals surface area (Å²) in [6, 6.07) is 8.18. The molecule has 3 N–H and O–H groups in total. The Hall–Kier alpha value is -1.75. The van der Waals surface area contributed by atoms with Crippen LogP contribution >= 0.6 is 0 Å². The van der Waals surface area contributed by atoms with Crippen molar-refractivity contribution in [2.45, 2.75) is 51.5 Å². The Kier molecular flexibility index (Phi) is 8.60. The fourth-order valence-electron chi connectivity index (χ4n) is 3.36. The molecule has 1 aliphatic heterocycles. The minimum atomic E-state index is 0.324. The van der Waals surface area contributed by atoms with Crippen LogP contribution in [0.15, 0.2) is 29.3 Å². The average Bonchev–Trinajstić information content (AvgIpc) is 2.63. The number of aryl methyl sites for hydroxylation is 1. The number of piperidine rings is 1. The van der Waals surface area contributed by atoms with Crippen molar-refractivity contribution >= 4 is 5.96 Å². The van der Waals surface area contributed by atoms with Gasteiger partial charge in [-0.2, -0.15) is 0 Å². The van der Waals surface area contributed by atoms with Crippen molar-refractivity contribution in [3.8, 4) is 5.75 Å². The minimum Gasteiger partial charge on any atom is -0.508 e. The first kappa shape index (κ1) is 19.6. The molecule has 5 nitrogen and oxygen atoms in total. The Morgan fingerprint density at radius 3 is 2.56 bits per heavy atom. The largest absolute Gasteiger partial charge is 0.508 e. The van der Waals surface area contributed by atoms with Crippen LogP contribution in [0.25, 0.3) is 0 Å². The van der Waals surface area contributed by atoms with Gasteiger partial charge >= 0.3 is 0 Å². The molecule has 0 radical (unpaired) electrons. The highest BCUT2D eigenvalue weighted by Crippen LogP contribution is 2.16. The van der Waals surface area contributed by atoms with Crippen molar-refractivity contribution in [3.63, 3.8) is 0 Å². The maximum absolute atomic E-state index is 9.29. The molecular formula is C20H34N4O. The quantitative estimate of drug-likeness (QED) is 0.385. The summed E-state index contributed by atoms with van der Waals surface area (Å²) in [5.74, 6) is 1.21. The summed E-state index contributed by atoms with van der Waals surface area (Å²) in [4.78, 5) is 6.90. The Morgan fingerprint density at radius 2 is 1.88 bits per heavy atom. The minimum absolute atomic E-state index is 0.324. The van der Waals surface area contributed by atoms with E-state index in [9.17, 15) is 5.11 Å². The molecule has 0 bridgehead atoms. The van der Waals surface area contributed by atoms with Gasteiger partial charge in [-0.15, -0.1) is 0 Å². The lowest BCUT2D eigenvalue weighted by molar-refractivity contribution is 0.159. The van der Waals surface area contributed by atoms with Crippen LogP contribution in [-0.2, 0) is 6.42 Å². The Balaban J connectivity index is 1.55. The van der Waals surface area contributed by atoms with E-state index in [1.54, 1.807) is 12.1 Å². The van der Waals surface area contributed by atoms with Crippen molar-refractivity contribution in [1.82, 2.24) is 15.5 Å². The first-order valence-electron chi connectivity index (χ1n) is 9.65. The lowest BCUT2D eigenvalue weighted by atomic mass is 10.0. The monoisotopic (exact) mass is 346 g/mol. The Labute approximate surface area is 152 Å². The maximum Gasteiger partial charge on any atom is 0.190 e. The van der Waals surface area contributed by atoms with E-state index >= 15 is 0 Å². The number of hydrogen-bond acceptors (Lipinski definition) is 3. The number of rotatable bonds is 8. The van der Waals surface area contributed by atoms with Gasteiger partial charge < -0.3 is 20.6 Å². The number of aromatic hydroxyl groups is 1. The summed E-state index contributed by atoms with van der Waals surface area (Å²) in [6.07, 6.45) is 7.27. The van der Waals surface area contributed by atoms with E-state index < -0.39 is 0 Å². The fraction of sp³-hybridized carbons (Fsp3) is 0.650. The molecule has 1 aromatic carbocycles. The number of benzene rings is 1. The summed E-state index contributed by atoms with van der Waals surface area (Å²) < 4.78 is 0. The third-order valence-corrected chi connectivity index (χ3v) is 4.95. The molecule has 1 aliphatic rings. The van der Waals surface area contributed by atoms with Gasteiger partial charge in [0.05, 0.1) is 0 Å². The third kappa shape index (κ3) is 7.34. The van der Waals surface area contributed by atoms with E-state index in [1.165, 1.54) is 37.9 Å². The van der Waals surface area contributed by atoms with Gasteiger partial charge in [0.1, 0.15) is 5.75 Å². The molecule has 1 saturated heterocycles. The molecule has 1 fully saturated rings. The molecular weight excluding hydrogens is 312 g/mol. The van der Waals surface area contributed by atoms with E-state index in [0.29, 0.717) is 5.75 Å². The lowest BCUT2D eigenvalue weighted by Gasteiger charge is -2.33. The van der Waals surface area contributed by atoms with Gasteiger partial charge in [-0.3, -0.25) is 4.99 Å². The Morgan fingerprint density at radius 1 is 1.16 bits per heavy atom. The molecule has 0 aliphatic carbocycles. The number of phenolic OH excluding ortho intramolecular Hbond substituents is 1. The molecule has 2 rings (SSSR count). The van der Waals surface area contributed by atoms with Gasteiger partial charge in [0.25, 0.3) is 0 Å². The number of likely N-dealkylation sites (tertiary alicyclic amines) is 1. The summed E-state index contributed by atoms with van der Waals surface area (Å²) in [7, 11) is 1.82. The van der Waals surface area contributed by atoms with Crippen LogP contribution in [0.5, 0.6) is 5.75 Å². The first-order valence-corrected chi connectivity index (χ1v) is 9.65. The number of nitrogens with one attached hydrogen (secondary N) is 2. The van der Waals surface area contributed by atoms with Gasteiger partial charge in [-0.1, -0.05) is 18.6 Å². The second kappa shape index (κ2) is 11.0. The number of phenols is 1. The van der Waals surface area contributed by atoms with E-state index in [0.717, 1.165) is 44.4 Å². The zero-order chi connectivity index (χ0) is 17.9. The zero-order valence-corrected chi connectivity index (χ0v) is 15.8. The van der Waals surface area contributed by atoms with Crippen molar-refractivity contribution in [1.29, 1.82) is 0 Å². The van der Waals surface area contributed by atoms with E-state index in [1.807, 2.05) is 19.2 Å². The number of nitrogens with zero attached hydrogens (tertiary/aromatic N) is 2. The van der Waals surface area contributed by atoms with Crippen LogP contribution in [0.3, 0.4) is 0 Å². The number of hydrogen-bond donors (Lipinski definition) is 3. The van der Waals surface area contributed by atoms with Crippen LogP contribution in [0.4, 0.5) is 0 Å². The van der Waals surface area contributed by atoms with Crippen molar-refractivity contribution < 1.29 is 5.11 Å². The average molecular weight is 347 g/mol. The summed E-state index contributed by atoms with van der Waals surface area (Å²) >= 11 is 0. The van der Waals surface area contributed by atoms with Gasteiger partial charge in [0.2, 0.25) is 0 Å². The van der Waals surface area contributed by atoms with Crippen LogP contribution in [0.1, 0.15) is 44.6 Å². The smallest absolute Gasteiger partial charge is 0.190 e. The van der Waals surface area contributed by atoms with Gasteiger partial charge in [0, 0.05) is 32.7 Å². The van der Waals surface area contributed by atoms with Gasteiger partial charge in [0.15, 0.2) is 5.96 Å². The van der Waals surface area contributed by atoms with Crippen LogP contribution < -0.4 is 10.6 Å². The molecule has 1 atom stereocenters. The predicted molar refractivity (Wildman–Crippen MR) is 105 cm³/mol. The van der Waals surface area contributed by atoms with Crippen LogP contribution in [0.2, 0.25) is 0 Å². The molecule has 5 heteroatoms. The first-order chi connectivity index (χ1) is 12.2. The molecule has 0 aromatic heterocycles. The molecule has 0 spiro atoms. The van der Waals surface area contributed by atoms with Gasteiger partial charge in [-0.05, 0) is 63.3 Å². The predicted octanol–water partition coefficient (Wildman–Crippen LogP) is 2.75. The molecule has 1 heterocycles. The number of aliphatic imine (C=N–C) groups is 1.